The molecule has 0 aliphatic heterocycles. The standard InChI is InChI=1S/C17H22N2O2/c1-4-10-21-15-7-5-6-13(11-15)16-9-8-14(12-18-2)17(20)19(16)3/h5-9,11,18H,4,10,12H2,1-3H3. The number of pyridine rings is 1. The zero-order valence-corrected chi connectivity index (χ0v) is 12.8. The van der Waals surface area contributed by atoms with Crippen LogP contribution in [0.3, 0.4) is 0 Å². The van der Waals surface area contributed by atoms with Gasteiger partial charge in [0.25, 0.3) is 5.56 Å². The molecule has 0 unspecified atom stereocenters. The van der Waals surface area contributed by atoms with Crippen LogP contribution in [0.15, 0.2) is 41.2 Å². The molecule has 4 nitrogen and oxygen atoms in total. The second-order valence-corrected chi connectivity index (χ2v) is 5.01. The van der Waals surface area contributed by atoms with E-state index >= 15 is 0 Å². The zero-order valence-electron chi connectivity index (χ0n) is 12.8. The first kappa shape index (κ1) is 15.3. The average molecular weight is 286 g/mol. The molecule has 0 spiro atoms. The Hall–Kier alpha value is -2.07. The summed E-state index contributed by atoms with van der Waals surface area (Å²) in [5.41, 5.74) is 2.67. The summed E-state index contributed by atoms with van der Waals surface area (Å²) in [6, 6.07) is 11.7. The van der Waals surface area contributed by atoms with E-state index in [-0.39, 0.29) is 5.56 Å². The van der Waals surface area contributed by atoms with Crippen LogP contribution in [0, 0.1) is 0 Å². The van der Waals surface area contributed by atoms with Crippen molar-refractivity contribution >= 4 is 0 Å². The van der Waals surface area contributed by atoms with Gasteiger partial charge in [-0.3, -0.25) is 4.79 Å². The van der Waals surface area contributed by atoms with Gasteiger partial charge < -0.3 is 14.6 Å². The SMILES string of the molecule is CCCOc1cccc(-c2ccc(CNC)c(=O)n2C)c1. The minimum atomic E-state index is 0.0294. The summed E-state index contributed by atoms with van der Waals surface area (Å²) >= 11 is 0. The third-order valence-electron chi connectivity index (χ3n) is 3.35. The highest BCUT2D eigenvalue weighted by molar-refractivity contribution is 5.61. The van der Waals surface area contributed by atoms with Crippen molar-refractivity contribution in [2.75, 3.05) is 13.7 Å². The molecular weight excluding hydrogens is 264 g/mol. The maximum absolute atomic E-state index is 12.3. The van der Waals surface area contributed by atoms with Crippen LogP contribution in [0.1, 0.15) is 18.9 Å². The van der Waals surface area contributed by atoms with E-state index in [1.807, 2.05) is 43.4 Å². The number of nitrogens with zero attached hydrogens (tertiary/aromatic N) is 1. The second kappa shape index (κ2) is 7.09. The van der Waals surface area contributed by atoms with Gasteiger partial charge in [-0.05, 0) is 31.7 Å². The quantitative estimate of drug-likeness (QED) is 0.887. The molecule has 2 rings (SSSR count). The first-order valence-electron chi connectivity index (χ1n) is 7.24. The Labute approximate surface area is 125 Å². The fourth-order valence-electron chi connectivity index (χ4n) is 2.27. The number of nitrogens with one attached hydrogen (secondary N) is 1. The molecule has 1 aromatic heterocycles. The summed E-state index contributed by atoms with van der Waals surface area (Å²) in [4.78, 5) is 12.3. The number of hydrogen-bond donors (Lipinski definition) is 1. The molecule has 0 amide bonds. The van der Waals surface area contributed by atoms with Gasteiger partial charge in [-0.15, -0.1) is 0 Å². The van der Waals surface area contributed by atoms with E-state index in [9.17, 15) is 4.79 Å². The van der Waals surface area contributed by atoms with Crippen LogP contribution in [0.5, 0.6) is 5.75 Å². The molecule has 0 aliphatic carbocycles. The van der Waals surface area contributed by atoms with E-state index < -0.39 is 0 Å². The number of benzene rings is 1. The Balaban J connectivity index is 2.38. The number of aromatic nitrogens is 1. The molecular formula is C17H22N2O2. The van der Waals surface area contributed by atoms with Gasteiger partial charge in [0.1, 0.15) is 5.75 Å². The molecule has 21 heavy (non-hydrogen) atoms. The highest BCUT2D eigenvalue weighted by Crippen LogP contribution is 2.23. The lowest BCUT2D eigenvalue weighted by atomic mass is 10.1. The second-order valence-electron chi connectivity index (χ2n) is 5.01. The van der Waals surface area contributed by atoms with Crippen molar-refractivity contribution in [3.8, 4) is 17.0 Å². The van der Waals surface area contributed by atoms with E-state index in [4.69, 9.17) is 4.74 Å². The summed E-state index contributed by atoms with van der Waals surface area (Å²) in [7, 11) is 3.64. The Kier molecular flexibility index (Phi) is 5.17. The molecule has 2 aromatic rings. The Morgan fingerprint density at radius 3 is 2.76 bits per heavy atom. The van der Waals surface area contributed by atoms with E-state index in [1.54, 1.807) is 11.6 Å². The fourth-order valence-corrected chi connectivity index (χ4v) is 2.27. The summed E-state index contributed by atoms with van der Waals surface area (Å²) in [6.45, 7) is 3.35. The molecule has 0 fully saturated rings. The van der Waals surface area contributed by atoms with Crippen LogP contribution in [-0.4, -0.2) is 18.2 Å². The fraction of sp³-hybridized carbons (Fsp3) is 0.353. The molecule has 0 bridgehead atoms. The Morgan fingerprint density at radius 2 is 2.05 bits per heavy atom. The van der Waals surface area contributed by atoms with Gasteiger partial charge in [-0.25, -0.2) is 0 Å². The van der Waals surface area contributed by atoms with Crippen molar-refractivity contribution < 1.29 is 4.74 Å². The summed E-state index contributed by atoms with van der Waals surface area (Å²) in [5, 5.41) is 3.01. The normalized spacial score (nSPS) is 10.6. The van der Waals surface area contributed by atoms with Gasteiger partial charge in [0.2, 0.25) is 0 Å². The summed E-state index contributed by atoms with van der Waals surface area (Å²) in [5.74, 6) is 0.834. The van der Waals surface area contributed by atoms with E-state index in [0.29, 0.717) is 13.2 Å². The van der Waals surface area contributed by atoms with Gasteiger partial charge >= 0.3 is 0 Å². The van der Waals surface area contributed by atoms with Crippen LogP contribution in [-0.2, 0) is 13.6 Å². The predicted molar refractivity (Wildman–Crippen MR) is 85.7 cm³/mol. The summed E-state index contributed by atoms with van der Waals surface area (Å²) in [6.07, 6.45) is 0.974. The third-order valence-corrected chi connectivity index (χ3v) is 3.35. The first-order valence-corrected chi connectivity index (χ1v) is 7.24. The van der Waals surface area contributed by atoms with Gasteiger partial charge in [-0.2, -0.15) is 0 Å². The maximum Gasteiger partial charge on any atom is 0.255 e. The van der Waals surface area contributed by atoms with Crippen molar-refractivity contribution in [3.63, 3.8) is 0 Å². The lowest BCUT2D eigenvalue weighted by Gasteiger charge is -2.12. The molecule has 0 saturated heterocycles. The maximum atomic E-state index is 12.3. The zero-order chi connectivity index (χ0) is 15.2. The average Bonchev–Trinajstić information content (AvgIpc) is 2.50. The van der Waals surface area contributed by atoms with E-state index in [1.165, 1.54) is 0 Å². The van der Waals surface area contributed by atoms with E-state index in [2.05, 4.69) is 12.2 Å². The van der Waals surface area contributed by atoms with Gasteiger partial charge in [0.15, 0.2) is 0 Å². The Bertz CT molecular complexity index is 662. The molecule has 112 valence electrons. The van der Waals surface area contributed by atoms with Gasteiger partial charge in [0.05, 0.1) is 12.3 Å². The summed E-state index contributed by atoms with van der Waals surface area (Å²) < 4.78 is 7.34. The molecule has 0 saturated carbocycles. The molecule has 1 N–H and O–H groups in total. The van der Waals surface area contributed by atoms with Crippen molar-refractivity contribution in [2.45, 2.75) is 19.9 Å². The lowest BCUT2D eigenvalue weighted by Crippen LogP contribution is -2.25. The smallest absolute Gasteiger partial charge is 0.255 e. The Morgan fingerprint density at radius 1 is 1.24 bits per heavy atom. The number of rotatable bonds is 6. The number of ether oxygens (including phenoxy) is 1. The highest BCUT2D eigenvalue weighted by atomic mass is 16.5. The van der Waals surface area contributed by atoms with Crippen molar-refractivity contribution in [2.24, 2.45) is 7.05 Å². The monoisotopic (exact) mass is 286 g/mol. The van der Waals surface area contributed by atoms with Crippen LogP contribution in [0.4, 0.5) is 0 Å². The molecule has 1 heterocycles. The third kappa shape index (κ3) is 3.52. The van der Waals surface area contributed by atoms with Crippen molar-refractivity contribution in [3.05, 3.63) is 52.3 Å². The van der Waals surface area contributed by atoms with Crippen LogP contribution in [0.25, 0.3) is 11.3 Å². The van der Waals surface area contributed by atoms with E-state index in [0.717, 1.165) is 29.0 Å². The van der Waals surface area contributed by atoms with Crippen LogP contribution >= 0.6 is 0 Å². The minimum absolute atomic E-state index is 0.0294. The highest BCUT2D eigenvalue weighted by Gasteiger charge is 2.08. The molecule has 1 aromatic carbocycles. The lowest BCUT2D eigenvalue weighted by molar-refractivity contribution is 0.317. The molecule has 0 aliphatic rings. The molecule has 4 heteroatoms. The van der Waals surface area contributed by atoms with Crippen molar-refractivity contribution in [1.29, 1.82) is 0 Å². The minimum Gasteiger partial charge on any atom is -0.494 e. The van der Waals surface area contributed by atoms with Gasteiger partial charge in [0, 0.05) is 24.7 Å². The van der Waals surface area contributed by atoms with Gasteiger partial charge in [-0.1, -0.05) is 25.1 Å². The predicted octanol–water partition coefficient (Wildman–Crippen LogP) is 2.56. The first-order chi connectivity index (χ1) is 10.2. The van der Waals surface area contributed by atoms with Crippen LogP contribution < -0.4 is 15.6 Å². The molecule has 0 radical (unpaired) electrons. The molecule has 0 atom stereocenters. The topological polar surface area (TPSA) is 43.3 Å². The van der Waals surface area contributed by atoms with Crippen LogP contribution in [0.2, 0.25) is 0 Å². The number of hydrogen-bond acceptors (Lipinski definition) is 3. The van der Waals surface area contributed by atoms with Crippen molar-refractivity contribution in [1.82, 2.24) is 9.88 Å². The largest absolute Gasteiger partial charge is 0.494 e.